The minimum Gasteiger partial charge on any atom is -0.383 e. The Labute approximate surface area is 159 Å². The molecule has 0 saturated heterocycles. The van der Waals surface area contributed by atoms with Crippen molar-refractivity contribution in [2.45, 2.75) is 6.92 Å². The van der Waals surface area contributed by atoms with E-state index in [2.05, 4.69) is 21.3 Å². The molecular formula is C20H26N4O3. The van der Waals surface area contributed by atoms with E-state index >= 15 is 0 Å². The van der Waals surface area contributed by atoms with Gasteiger partial charge in [-0.3, -0.25) is 4.79 Å². The van der Waals surface area contributed by atoms with E-state index in [0.29, 0.717) is 36.6 Å². The van der Waals surface area contributed by atoms with Crippen LogP contribution in [-0.4, -0.2) is 45.3 Å². The zero-order valence-electron chi connectivity index (χ0n) is 15.7. The summed E-state index contributed by atoms with van der Waals surface area (Å²) in [5.41, 5.74) is 2.65. The zero-order chi connectivity index (χ0) is 19.5. The third-order valence-corrected chi connectivity index (χ3v) is 3.85. The van der Waals surface area contributed by atoms with Gasteiger partial charge in [-0.2, -0.15) is 0 Å². The molecule has 7 nitrogen and oxygen atoms in total. The van der Waals surface area contributed by atoms with Gasteiger partial charge in [0.15, 0.2) is 0 Å². The van der Waals surface area contributed by atoms with Crippen LogP contribution in [-0.2, 0) is 4.74 Å². The Morgan fingerprint density at radius 2 is 1.74 bits per heavy atom. The number of benzene rings is 2. The predicted molar refractivity (Wildman–Crippen MR) is 107 cm³/mol. The summed E-state index contributed by atoms with van der Waals surface area (Å²) in [6, 6.07) is 14.0. The van der Waals surface area contributed by atoms with Crippen molar-refractivity contribution in [2.24, 2.45) is 0 Å². The van der Waals surface area contributed by atoms with Gasteiger partial charge in [-0.15, -0.1) is 0 Å². The van der Waals surface area contributed by atoms with E-state index in [-0.39, 0.29) is 11.9 Å². The summed E-state index contributed by atoms with van der Waals surface area (Å²) in [7, 11) is 1.65. The second kappa shape index (κ2) is 10.9. The van der Waals surface area contributed by atoms with Gasteiger partial charge in [0.05, 0.1) is 6.61 Å². The number of carbonyl (C=O) groups is 2. The summed E-state index contributed by atoms with van der Waals surface area (Å²) in [6.45, 7) is 4.41. The molecule has 3 amide bonds. The van der Waals surface area contributed by atoms with Crippen LogP contribution in [0.15, 0.2) is 48.5 Å². The number of carbonyl (C=O) groups excluding carboxylic acids is 2. The Morgan fingerprint density at radius 3 is 2.48 bits per heavy atom. The highest BCUT2D eigenvalue weighted by Gasteiger charge is 2.10. The molecule has 0 aromatic heterocycles. The molecule has 0 atom stereocenters. The summed E-state index contributed by atoms with van der Waals surface area (Å²) < 4.78 is 4.94. The Balaban J connectivity index is 1.88. The average molecular weight is 370 g/mol. The number of para-hydroxylation sites is 1. The van der Waals surface area contributed by atoms with Gasteiger partial charge >= 0.3 is 6.03 Å². The SMILES string of the molecule is COCCNCCNC(=O)c1ccc(C)c(NC(=O)Nc2ccccc2)c1. The molecule has 0 bridgehead atoms. The molecule has 2 aromatic carbocycles. The number of rotatable bonds is 9. The largest absolute Gasteiger partial charge is 0.383 e. The summed E-state index contributed by atoms with van der Waals surface area (Å²) in [4.78, 5) is 24.5. The third kappa shape index (κ3) is 7.08. The molecule has 0 aliphatic heterocycles. The molecule has 2 aromatic rings. The Bertz CT molecular complexity index is 750. The highest BCUT2D eigenvalue weighted by Crippen LogP contribution is 2.17. The number of amides is 3. The molecule has 7 heteroatoms. The van der Waals surface area contributed by atoms with Gasteiger partial charge in [0.1, 0.15) is 0 Å². The average Bonchev–Trinajstić information content (AvgIpc) is 2.67. The fourth-order valence-corrected chi connectivity index (χ4v) is 2.37. The minimum atomic E-state index is -0.357. The number of anilines is 2. The Hall–Kier alpha value is -2.90. The van der Waals surface area contributed by atoms with Crippen LogP contribution in [0.25, 0.3) is 0 Å². The summed E-state index contributed by atoms with van der Waals surface area (Å²) in [5, 5.41) is 11.5. The van der Waals surface area contributed by atoms with Crippen molar-refractivity contribution >= 4 is 23.3 Å². The molecule has 144 valence electrons. The number of ether oxygens (including phenoxy) is 1. The van der Waals surface area contributed by atoms with Gasteiger partial charge in [-0.1, -0.05) is 24.3 Å². The monoisotopic (exact) mass is 370 g/mol. The van der Waals surface area contributed by atoms with E-state index in [1.165, 1.54) is 0 Å². The number of methoxy groups -OCH3 is 1. The first-order valence-electron chi connectivity index (χ1n) is 8.81. The van der Waals surface area contributed by atoms with E-state index in [4.69, 9.17) is 4.74 Å². The molecule has 27 heavy (non-hydrogen) atoms. The Morgan fingerprint density at radius 1 is 0.963 bits per heavy atom. The van der Waals surface area contributed by atoms with Crippen LogP contribution in [0.5, 0.6) is 0 Å². The fourth-order valence-electron chi connectivity index (χ4n) is 2.37. The normalized spacial score (nSPS) is 10.3. The molecule has 0 unspecified atom stereocenters. The maximum absolute atomic E-state index is 12.3. The zero-order valence-corrected chi connectivity index (χ0v) is 15.7. The molecule has 2 rings (SSSR count). The van der Waals surface area contributed by atoms with Gasteiger partial charge in [-0.25, -0.2) is 4.79 Å². The highest BCUT2D eigenvalue weighted by atomic mass is 16.5. The molecule has 0 aliphatic carbocycles. The van der Waals surface area contributed by atoms with Crippen molar-refractivity contribution in [1.29, 1.82) is 0 Å². The second-order valence-corrected chi connectivity index (χ2v) is 5.97. The van der Waals surface area contributed by atoms with Crippen molar-refractivity contribution in [3.8, 4) is 0 Å². The van der Waals surface area contributed by atoms with Crippen molar-refractivity contribution < 1.29 is 14.3 Å². The highest BCUT2D eigenvalue weighted by molar-refractivity contribution is 6.02. The van der Waals surface area contributed by atoms with Crippen LogP contribution < -0.4 is 21.3 Å². The maximum atomic E-state index is 12.3. The van der Waals surface area contributed by atoms with Crippen LogP contribution in [0.4, 0.5) is 16.2 Å². The van der Waals surface area contributed by atoms with Gasteiger partial charge in [0, 0.05) is 43.7 Å². The molecule has 0 heterocycles. The van der Waals surface area contributed by atoms with Crippen LogP contribution >= 0.6 is 0 Å². The van der Waals surface area contributed by atoms with Crippen LogP contribution in [0.1, 0.15) is 15.9 Å². The second-order valence-electron chi connectivity index (χ2n) is 5.97. The van der Waals surface area contributed by atoms with E-state index < -0.39 is 0 Å². The van der Waals surface area contributed by atoms with Crippen LogP contribution in [0, 0.1) is 6.92 Å². The first-order chi connectivity index (χ1) is 13.1. The van der Waals surface area contributed by atoms with Crippen LogP contribution in [0.3, 0.4) is 0 Å². The molecule has 0 aliphatic rings. The van der Waals surface area contributed by atoms with E-state index in [1.807, 2.05) is 31.2 Å². The summed E-state index contributed by atoms with van der Waals surface area (Å²) in [6.07, 6.45) is 0. The molecular weight excluding hydrogens is 344 g/mol. The van der Waals surface area contributed by atoms with E-state index in [0.717, 1.165) is 12.1 Å². The molecule has 0 radical (unpaired) electrons. The smallest absolute Gasteiger partial charge is 0.323 e. The number of aryl methyl sites for hydroxylation is 1. The number of nitrogens with one attached hydrogen (secondary N) is 4. The summed E-state index contributed by atoms with van der Waals surface area (Å²) in [5.74, 6) is -0.185. The third-order valence-electron chi connectivity index (χ3n) is 3.85. The van der Waals surface area contributed by atoms with E-state index in [9.17, 15) is 9.59 Å². The molecule has 4 N–H and O–H groups in total. The predicted octanol–water partition coefficient (Wildman–Crippen LogP) is 2.60. The maximum Gasteiger partial charge on any atom is 0.323 e. The van der Waals surface area contributed by atoms with Gasteiger partial charge in [-0.05, 0) is 36.8 Å². The van der Waals surface area contributed by atoms with Crippen molar-refractivity contribution in [1.82, 2.24) is 10.6 Å². The standard InChI is InChI=1S/C20H26N4O3/c1-15-8-9-16(19(25)22-11-10-21-12-13-27-2)14-18(15)24-20(26)23-17-6-4-3-5-7-17/h3-9,14,21H,10-13H2,1-2H3,(H,22,25)(H2,23,24,26). The minimum absolute atomic E-state index is 0.185. The quantitative estimate of drug-likeness (QED) is 0.511. The van der Waals surface area contributed by atoms with Crippen molar-refractivity contribution in [2.75, 3.05) is 44.0 Å². The molecule has 0 spiro atoms. The Kier molecular flexibility index (Phi) is 8.28. The van der Waals surface area contributed by atoms with Crippen molar-refractivity contribution in [3.05, 3.63) is 59.7 Å². The van der Waals surface area contributed by atoms with Crippen LogP contribution in [0.2, 0.25) is 0 Å². The first-order valence-corrected chi connectivity index (χ1v) is 8.81. The number of urea groups is 1. The van der Waals surface area contributed by atoms with Gasteiger partial charge < -0.3 is 26.0 Å². The first kappa shape index (κ1) is 20.4. The lowest BCUT2D eigenvalue weighted by Crippen LogP contribution is -2.33. The topological polar surface area (TPSA) is 91.5 Å². The van der Waals surface area contributed by atoms with E-state index in [1.54, 1.807) is 31.4 Å². The van der Waals surface area contributed by atoms with Gasteiger partial charge in [0.25, 0.3) is 5.91 Å². The number of hydrogen-bond acceptors (Lipinski definition) is 4. The lowest BCUT2D eigenvalue weighted by atomic mass is 10.1. The number of hydrogen-bond donors (Lipinski definition) is 4. The lowest BCUT2D eigenvalue weighted by Gasteiger charge is -2.12. The fraction of sp³-hybridized carbons (Fsp3) is 0.300. The van der Waals surface area contributed by atoms with Gasteiger partial charge in [0.2, 0.25) is 0 Å². The molecule has 0 saturated carbocycles. The summed E-state index contributed by atoms with van der Waals surface area (Å²) >= 11 is 0. The lowest BCUT2D eigenvalue weighted by molar-refractivity contribution is 0.0953. The van der Waals surface area contributed by atoms with Crippen molar-refractivity contribution in [3.63, 3.8) is 0 Å². The molecule has 0 fully saturated rings.